The maximum atomic E-state index is 13.0. The van der Waals surface area contributed by atoms with Gasteiger partial charge >= 0.3 is 0 Å². The lowest BCUT2D eigenvalue weighted by Crippen LogP contribution is -2.41. The number of benzene rings is 2. The van der Waals surface area contributed by atoms with Gasteiger partial charge in [-0.15, -0.1) is 0 Å². The maximum absolute atomic E-state index is 13.0. The second kappa shape index (κ2) is 6.31. The summed E-state index contributed by atoms with van der Waals surface area (Å²) in [6.07, 6.45) is 0.564. The molecule has 0 spiro atoms. The lowest BCUT2D eigenvalue weighted by atomic mass is 9.88. The zero-order valence-corrected chi connectivity index (χ0v) is 14.4. The average molecular weight is 341 g/mol. The van der Waals surface area contributed by atoms with E-state index in [1.165, 1.54) is 31.2 Å². The van der Waals surface area contributed by atoms with Crippen molar-refractivity contribution in [1.82, 2.24) is 5.32 Å². The Morgan fingerprint density at radius 2 is 1.76 bits per heavy atom. The molecular formula is C20H20FNO3. The molecule has 0 unspecified atom stereocenters. The van der Waals surface area contributed by atoms with Crippen molar-refractivity contribution in [1.29, 1.82) is 0 Å². The molecular weight excluding hydrogens is 321 g/mol. The van der Waals surface area contributed by atoms with Crippen LogP contribution in [0.15, 0.2) is 42.5 Å². The van der Waals surface area contributed by atoms with E-state index < -0.39 is 5.60 Å². The number of carbonyl (C=O) groups excluding carboxylic acids is 2. The molecule has 0 radical (unpaired) electrons. The minimum atomic E-state index is -0.453. The number of Topliss-reactive ketones (excluding diaryl/α,β-unsaturated/α-hetero) is 1. The fourth-order valence-electron chi connectivity index (χ4n) is 3.05. The molecule has 1 heterocycles. The van der Waals surface area contributed by atoms with E-state index in [9.17, 15) is 14.0 Å². The summed E-state index contributed by atoms with van der Waals surface area (Å²) in [5.41, 5.74) is 1.28. The van der Waals surface area contributed by atoms with E-state index in [-0.39, 0.29) is 23.5 Å². The molecule has 5 heteroatoms. The molecule has 0 fully saturated rings. The van der Waals surface area contributed by atoms with E-state index in [4.69, 9.17) is 4.74 Å². The van der Waals surface area contributed by atoms with E-state index in [1.807, 2.05) is 13.8 Å². The zero-order chi connectivity index (χ0) is 18.2. The summed E-state index contributed by atoms with van der Waals surface area (Å²) in [6, 6.07) is 10.4. The van der Waals surface area contributed by atoms with Crippen LogP contribution in [0.5, 0.6) is 5.75 Å². The summed E-state index contributed by atoms with van der Waals surface area (Å²) in [5, 5.41) is 2.98. The minimum Gasteiger partial charge on any atom is -0.487 e. The van der Waals surface area contributed by atoms with E-state index >= 15 is 0 Å². The molecule has 3 rings (SSSR count). The highest BCUT2D eigenvalue weighted by Crippen LogP contribution is 2.40. The Morgan fingerprint density at radius 1 is 1.12 bits per heavy atom. The normalized spacial score (nSPS) is 18.0. The Balaban J connectivity index is 1.92. The SMILES string of the molecule is CC(=O)c1ccc2c(c1)[C@@H](NC(=O)c1ccc(F)cc1)CC(C)(C)O2. The van der Waals surface area contributed by atoms with Crippen LogP contribution < -0.4 is 10.1 Å². The Kier molecular flexibility index (Phi) is 4.33. The summed E-state index contributed by atoms with van der Waals surface area (Å²) in [6.45, 7) is 5.40. The first-order valence-corrected chi connectivity index (χ1v) is 8.15. The fourth-order valence-corrected chi connectivity index (χ4v) is 3.05. The number of ketones is 1. The van der Waals surface area contributed by atoms with Gasteiger partial charge in [0.2, 0.25) is 0 Å². The monoisotopic (exact) mass is 341 g/mol. The molecule has 25 heavy (non-hydrogen) atoms. The summed E-state index contributed by atoms with van der Waals surface area (Å²) in [5.74, 6) is -0.0658. The molecule has 0 saturated carbocycles. The highest BCUT2D eigenvalue weighted by Gasteiger charge is 2.35. The number of ether oxygens (including phenoxy) is 1. The first-order chi connectivity index (χ1) is 11.7. The topological polar surface area (TPSA) is 55.4 Å². The van der Waals surface area contributed by atoms with Gasteiger partial charge in [0.05, 0.1) is 6.04 Å². The molecule has 1 amide bonds. The number of rotatable bonds is 3. The summed E-state index contributed by atoms with van der Waals surface area (Å²) < 4.78 is 19.0. The predicted octanol–water partition coefficient (Wildman–Crippen LogP) is 4.06. The van der Waals surface area contributed by atoms with Gasteiger partial charge in [0.1, 0.15) is 17.2 Å². The molecule has 1 N–H and O–H groups in total. The number of fused-ring (bicyclic) bond motifs is 1. The van der Waals surface area contributed by atoms with Crippen LogP contribution in [0.2, 0.25) is 0 Å². The van der Waals surface area contributed by atoms with Crippen LogP contribution in [0.1, 0.15) is 59.5 Å². The van der Waals surface area contributed by atoms with Gasteiger partial charge in [0.25, 0.3) is 5.91 Å². The number of amides is 1. The number of nitrogens with one attached hydrogen (secondary N) is 1. The maximum Gasteiger partial charge on any atom is 0.251 e. The van der Waals surface area contributed by atoms with Crippen molar-refractivity contribution in [2.45, 2.75) is 38.8 Å². The van der Waals surface area contributed by atoms with Crippen molar-refractivity contribution in [2.75, 3.05) is 0 Å². The summed E-state index contributed by atoms with van der Waals surface area (Å²) >= 11 is 0. The molecule has 130 valence electrons. The van der Waals surface area contributed by atoms with Gasteiger partial charge in [-0.25, -0.2) is 4.39 Å². The van der Waals surface area contributed by atoms with Crippen LogP contribution in [0.3, 0.4) is 0 Å². The van der Waals surface area contributed by atoms with E-state index in [0.29, 0.717) is 23.3 Å². The molecule has 2 aromatic carbocycles. The molecule has 4 nitrogen and oxygen atoms in total. The van der Waals surface area contributed by atoms with Crippen molar-refractivity contribution in [2.24, 2.45) is 0 Å². The third kappa shape index (κ3) is 3.71. The van der Waals surface area contributed by atoms with Crippen LogP contribution in [0.25, 0.3) is 0 Å². The minimum absolute atomic E-state index is 0.0451. The van der Waals surface area contributed by atoms with Crippen molar-refractivity contribution in [3.05, 3.63) is 65.0 Å². The standard InChI is InChI=1S/C20H20FNO3/c1-12(23)14-6-9-18-16(10-14)17(11-20(2,3)25-18)22-19(24)13-4-7-15(21)8-5-13/h4-10,17H,11H2,1-3H3,(H,22,24)/t17-/m0/s1. The quantitative estimate of drug-likeness (QED) is 0.857. The second-order valence-electron chi connectivity index (χ2n) is 6.91. The molecule has 1 aliphatic rings. The van der Waals surface area contributed by atoms with Gasteiger partial charge in [-0.1, -0.05) is 0 Å². The Hall–Kier alpha value is -2.69. The Morgan fingerprint density at radius 3 is 2.40 bits per heavy atom. The lowest BCUT2D eigenvalue weighted by molar-refractivity contribution is 0.0619. The van der Waals surface area contributed by atoms with Crippen molar-refractivity contribution < 1.29 is 18.7 Å². The van der Waals surface area contributed by atoms with Crippen molar-refractivity contribution in [3.8, 4) is 5.75 Å². The Bertz CT molecular complexity index is 827. The third-order valence-electron chi connectivity index (χ3n) is 4.29. The molecule has 0 aliphatic carbocycles. The molecule has 0 bridgehead atoms. The Labute approximate surface area is 146 Å². The number of carbonyl (C=O) groups is 2. The smallest absolute Gasteiger partial charge is 0.251 e. The lowest BCUT2D eigenvalue weighted by Gasteiger charge is -2.38. The number of hydrogen-bond acceptors (Lipinski definition) is 3. The molecule has 1 atom stereocenters. The van der Waals surface area contributed by atoms with Crippen LogP contribution >= 0.6 is 0 Å². The predicted molar refractivity (Wildman–Crippen MR) is 92.4 cm³/mol. The van der Waals surface area contributed by atoms with Crippen LogP contribution in [-0.4, -0.2) is 17.3 Å². The second-order valence-corrected chi connectivity index (χ2v) is 6.91. The number of hydrogen-bond donors (Lipinski definition) is 1. The number of halogens is 1. The van der Waals surface area contributed by atoms with Crippen LogP contribution in [0.4, 0.5) is 4.39 Å². The molecule has 2 aromatic rings. The molecule has 0 saturated heterocycles. The van der Waals surface area contributed by atoms with Gasteiger partial charge in [0, 0.05) is 23.1 Å². The van der Waals surface area contributed by atoms with Gasteiger partial charge in [0.15, 0.2) is 5.78 Å². The van der Waals surface area contributed by atoms with Crippen LogP contribution in [-0.2, 0) is 0 Å². The van der Waals surface area contributed by atoms with Gasteiger partial charge in [-0.05, 0) is 63.2 Å². The average Bonchev–Trinajstić information content (AvgIpc) is 2.54. The highest BCUT2D eigenvalue weighted by molar-refractivity contribution is 5.95. The first kappa shape index (κ1) is 17.1. The fraction of sp³-hybridized carbons (Fsp3) is 0.300. The van der Waals surface area contributed by atoms with E-state index in [0.717, 1.165) is 5.56 Å². The van der Waals surface area contributed by atoms with Crippen LogP contribution in [0, 0.1) is 5.82 Å². The van der Waals surface area contributed by atoms with Gasteiger partial charge in [-0.3, -0.25) is 9.59 Å². The highest BCUT2D eigenvalue weighted by atomic mass is 19.1. The van der Waals surface area contributed by atoms with Gasteiger partial charge < -0.3 is 10.1 Å². The van der Waals surface area contributed by atoms with Crippen molar-refractivity contribution >= 4 is 11.7 Å². The van der Waals surface area contributed by atoms with Gasteiger partial charge in [-0.2, -0.15) is 0 Å². The third-order valence-corrected chi connectivity index (χ3v) is 4.29. The van der Waals surface area contributed by atoms with Crippen molar-refractivity contribution in [3.63, 3.8) is 0 Å². The van der Waals surface area contributed by atoms with E-state index in [1.54, 1.807) is 18.2 Å². The van der Waals surface area contributed by atoms with E-state index in [2.05, 4.69) is 5.32 Å². The first-order valence-electron chi connectivity index (χ1n) is 8.15. The molecule has 0 aromatic heterocycles. The zero-order valence-electron chi connectivity index (χ0n) is 14.4. The summed E-state index contributed by atoms with van der Waals surface area (Å²) in [7, 11) is 0. The summed E-state index contributed by atoms with van der Waals surface area (Å²) in [4.78, 5) is 24.2. The molecule has 1 aliphatic heterocycles. The largest absolute Gasteiger partial charge is 0.487 e.